The first kappa shape index (κ1) is 13.3. The molecule has 6 nitrogen and oxygen atoms in total. The van der Waals surface area contributed by atoms with Crippen LogP contribution in [0.2, 0.25) is 0 Å². The van der Waals surface area contributed by atoms with E-state index in [1.54, 1.807) is 7.11 Å². The topological polar surface area (TPSA) is 86.5 Å². The average molecular weight is 293 g/mol. The molecule has 1 amide bonds. The molecule has 3 N–H and O–H groups in total. The Hall–Kier alpha value is -1.70. The maximum Gasteiger partial charge on any atom is 0.248 e. The van der Waals surface area contributed by atoms with Crippen molar-refractivity contribution in [1.82, 2.24) is 4.98 Å². The standard InChI is InChI=1S/C13H15N3O3S/c1-18-8-2-3-9-10(6-8)20-12(15-9)16-11(17)13(14)4-5-19-7-13/h2-3,6H,4-5,7,14H2,1H3,(H,15,16,17). The molecule has 0 saturated carbocycles. The fourth-order valence-electron chi connectivity index (χ4n) is 2.07. The second-order valence-electron chi connectivity index (χ2n) is 4.77. The van der Waals surface area contributed by atoms with E-state index >= 15 is 0 Å². The molecule has 1 aliphatic heterocycles. The number of nitrogens with one attached hydrogen (secondary N) is 1. The summed E-state index contributed by atoms with van der Waals surface area (Å²) in [6.07, 6.45) is 0.525. The zero-order valence-corrected chi connectivity index (χ0v) is 11.8. The van der Waals surface area contributed by atoms with Gasteiger partial charge in [0.2, 0.25) is 5.91 Å². The normalized spacial score (nSPS) is 22.1. The van der Waals surface area contributed by atoms with Gasteiger partial charge in [-0.3, -0.25) is 4.79 Å². The van der Waals surface area contributed by atoms with Gasteiger partial charge in [0.05, 0.1) is 23.9 Å². The molecule has 0 aliphatic carbocycles. The van der Waals surface area contributed by atoms with Gasteiger partial charge >= 0.3 is 0 Å². The van der Waals surface area contributed by atoms with E-state index in [9.17, 15) is 4.79 Å². The number of aromatic nitrogens is 1. The van der Waals surface area contributed by atoms with E-state index in [0.29, 0.717) is 18.2 Å². The highest BCUT2D eigenvalue weighted by Gasteiger charge is 2.38. The molecule has 1 unspecified atom stereocenters. The Morgan fingerprint density at radius 1 is 1.60 bits per heavy atom. The summed E-state index contributed by atoms with van der Waals surface area (Å²) in [7, 11) is 1.61. The van der Waals surface area contributed by atoms with Crippen molar-refractivity contribution in [3.8, 4) is 5.75 Å². The van der Waals surface area contributed by atoms with E-state index < -0.39 is 5.54 Å². The summed E-state index contributed by atoms with van der Waals surface area (Å²) in [5.41, 5.74) is 5.88. The quantitative estimate of drug-likeness (QED) is 0.892. The number of hydrogen-bond donors (Lipinski definition) is 2. The molecule has 20 heavy (non-hydrogen) atoms. The van der Waals surface area contributed by atoms with Crippen LogP contribution in [0.5, 0.6) is 5.75 Å². The molecule has 3 rings (SSSR count). The van der Waals surface area contributed by atoms with Crippen molar-refractivity contribution < 1.29 is 14.3 Å². The molecular weight excluding hydrogens is 278 g/mol. The SMILES string of the molecule is COc1ccc2nc(NC(=O)C3(N)CCOC3)sc2c1. The summed E-state index contributed by atoms with van der Waals surface area (Å²) in [5.74, 6) is 0.513. The third-order valence-corrected chi connectivity index (χ3v) is 4.25. The van der Waals surface area contributed by atoms with E-state index in [0.717, 1.165) is 16.0 Å². The number of nitrogens with two attached hydrogens (primary N) is 1. The van der Waals surface area contributed by atoms with Crippen LogP contribution in [0, 0.1) is 0 Å². The Bertz CT molecular complexity index is 649. The van der Waals surface area contributed by atoms with Crippen molar-refractivity contribution in [3.05, 3.63) is 18.2 Å². The first-order valence-electron chi connectivity index (χ1n) is 6.23. The van der Waals surface area contributed by atoms with Gasteiger partial charge < -0.3 is 20.5 Å². The molecule has 0 radical (unpaired) electrons. The van der Waals surface area contributed by atoms with Gasteiger partial charge in [0.15, 0.2) is 5.13 Å². The predicted octanol–water partition coefficient (Wildman–Crippen LogP) is 1.36. The third-order valence-electron chi connectivity index (χ3n) is 3.32. The molecule has 0 bridgehead atoms. The highest BCUT2D eigenvalue weighted by Crippen LogP contribution is 2.30. The van der Waals surface area contributed by atoms with Crippen LogP contribution in [-0.2, 0) is 9.53 Å². The minimum atomic E-state index is -0.949. The number of ether oxygens (including phenoxy) is 2. The number of benzene rings is 1. The van der Waals surface area contributed by atoms with Crippen molar-refractivity contribution in [2.75, 3.05) is 25.6 Å². The van der Waals surface area contributed by atoms with Crippen LogP contribution in [0.3, 0.4) is 0 Å². The fraction of sp³-hybridized carbons (Fsp3) is 0.385. The van der Waals surface area contributed by atoms with Crippen LogP contribution in [0.15, 0.2) is 18.2 Å². The molecule has 1 aromatic heterocycles. The second kappa shape index (κ2) is 5.01. The van der Waals surface area contributed by atoms with E-state index in [-0.39, 0.29) is 12.5 Å². The lowest BCUT2D eigenvalue weighted by atomic mass is 10.00. The summed E-state index contributed by atoms with van der Waals surface area (Å²) < 4.78 is 11.3. The zero-order valence-electron chi connectivity index (χ0n) is 11.0. The van der Waals surface area contributed by atoms with Crippen molar-refractivity contribution in [2.24, 2.45) is 5.73 Å². The Labute approximate surface area is 119 Å². The van der Waals surface area contributed by atoms with Crippen molar-refractivity contribution in [2.45, 2.75) is 12.0 Å². The molecule has 7 heteroatoms. The molecule has 1 saturated heterocycles. The number of amides is 1. The molecule has 1 atom stereocenters. The molecule has 1 fully saturated rings. The highest BCUT2D eigenvalue weighted by molar-refractivity contribution is 7.22. The number of fused-ring (bicyclic) bond motifs is 1. The van der Waals surface area contributed by atoms with Gasteiger partial charge in [-0.05, 0) is 24.6 Å². The summed E-state index contributed by atoms with van der Waals surface area (Å²) in [6, 6.07) is 5.58. The van der Waals surface area contributed by atoms with E-state index in [1.165, 1.54) is 11.3 Å². The zero-order chi connectivity index (χ0) is 14.2. The lowest BCUT2D eigenvalue weighted by Crippen LogP contribution is -2.51. The fourth-order valence-corrected chi connectivity index (χ4v) is 2.96. The Morgan fingerprint density at radius 2 is 2.45 bits per heavy atom. The maximum atomic E-state index is 12.2. The number of anilines is 1. The Kier molecular flexibility index (Phi) is 3.33. The second-order valence-corrected chi connectivity index (χ2v) is 5.80. The number of carbonyl (C=O) groups excluding carboxylic acids is 1. The van der Waals surface area contributed by atoms with Crippen molar-refractivity contribution >= 4 is 32.6 Å². The highest BCUT2D eigenvalue weighted by atomic mass is 32.1. The van der Waals surface area contributed by atoms with Gasteiger partial charge in [-0.25, -0.2) is 4.98 Å². The summed E-state index contributed by atoms with van der Waals surface area (Å²) in [6.45, 7) is 0.762. The monoisotopic (exact) mass is 293 g/mol. The van der Waals surface area contributed by atoms with Crippen molar-refractivity contribution in [1.29, 1.82) is 0 Å². The smallest absolute Gasteiger partial charge is 0.248 e. The van der Waals surface area contributed by atoms with E-state index in [1.807, 2.05) is 18.2 Å². The van der Waals surface area contributed by atoms with Gasteiger partial charge in [-0.1, -0.05) is 11.3 Å². The summed E-state index contributed by atoms with van der Waals surface area (Å²) in [4.78, 5) is 16.5. The maximum absolute atomic E-state index is 12.2. The lowest BCUT2D eigenvalue weighted by Gasteiger charge is -2.19. The third kappa shape index (κ3) is 2.35. The Morgan fingerprint density at radius 3 is 3.15 bits per heavy atom. The molecule has 2 heterocycles. The summed E-state index contributed by atoms with van der Waals surface area (Å²) >= 11 is 1.39. The minimum absolute atomic E-state index is 0.248. The molecular formula is C13H15N3O3S. The largest absolute Gasteiger partial charge is 0.497 e. The minimum Gasteiger partial charge on any atom is -0.497 e. The van der Waals surface area contributed by atoms with Crippen LogP contribution in [0.1, 0.15) is 6.42 Å². The van der Waals surface area contributed by atoms with E-state index in [4.69, 9.17) is 15.2 Å². The number of nitrogens with zero attached hydrogens (tertiary/aromatic N) is 1. The van der Waals surface area contributed by atoms with Gasteiger partial charge in [0, 0.05) is 6.61 Å². The van der Waals surface area contributed by atoms with Crippen LogP contribution in [-0.4, -0.2) is 36.8 Å². The van der Waals surface area contributed by atoms with Crippen LogP contribution < -0.4 is 15.8 Å². The molecule has 106 valence electrons. The van der Waals surface area contributed by atoms with Gasteiger partial charge in [0.25, 0.3) is 0 Å². The molecule has 2 aromatic rings. The molecule has 1 aliphatic rings. The van der Waals surface area contributed by atoms with Gasteiger partial charge in [-0.15, -0.1) is 0 Å². The van der Waals surface area contributed by atoms with E-state index in [2.05, 4.69) is 10.3 Å². The Balaban J connectivity index is 1.82. The van der Waals surface area contributed by atoms with Gasteiger partial charge in [-0.2, -0.15) is 0 Å². The molecule has 0 spiro atoms. The average Bonchev–Trinajstić information content (AvgIpc) is 3.04. The van der Waals surface area contributed by atoms with Crippen LogP contribution in [0.4, 0.5) is 5.13 Å². The number of methoxy groups -OCH3 is 1. The first-order chi connectivity index (χ1) is 9.60. The number of hydrogen-bond acceptors (Lipinski definition) is 6. The number of thiazole rings is 1. The van der Waals surface area contributed by atoms with Crippen LogP contribution >= 0.6 is 11.3 Å². The predicted molar refractivity (Wildman–Crippen MR) is 77.2 cm³/mol. The first-order valence-corrected chi connectivity index (χ1v) is 7.05. The lowest BCUT2D eigenvalue weighted by molar-refractivity contribution is -0.121. The number of carbonyl (C=O) groups is 1. The number of rotatable bonds is 3. The molecule has 1 aromatic carbocycles. The van der Waals surface area contributed by atoms with Gasteiger partial charge in [0.1, 0.15) is 11.3 Å². The van der Waals surface area contributed by atoms with Crippen LogP contribution in [0.25, 0.3) is 10.2 Å². The van der Waals surface area contributed by atoms with Crippen molar-refractivity contribution in [3.63, 3.8) is 0 Å². The summed E-state index contributed by atoms with van der Waals surface area (Å²) in [5, 5.41) is 3.31.